The molecule has 0 aliphatic heterocycles. The Hall–Kier alpha value is -0.680. The number of hydrogen-bond acceptors (Lipinski definition) is 3. The van der Waals surface area contributed by atoms with E-state index in [1.165, 1.54) is 12.1 Å². The molecule has 1 aromatic rings. The van der Waals surface area contributed by atoms with Gasteiger partial charge in [0.05, 0.1) is 10.0 Å². The summed E-state index contributed by atoms with van der Waals surface area (Å²) in [4.78, 5) is 10.7. The summed E-state index contributed by atoms with van der Waals surface area (Å²) in [7, 11) is 0. The van der Waals surface area contributed by atoms with Gasteiger partial charge in [-0.2, -0.15) is 0 Å². The van der Waals surface area contributed by atoms with Crippen LogP contribution in [0.5, 0.6) is 5.75 Å². The van der Waals surface area contributed by atoms with Crippen molar-refractivity contribution in [2.75, 3.05) is 6.61 Å². The lowest BCUT2D eigenvalue weighted by Gasteiger charge is -2.12. The quantitative estimate of drug-likeness (QED) is 0.885. The van der Waals surface area contributed by atoms with E-state index in [0.29, 0.717) is 5.02 Å². The van der Waals surface area contributed by atoms with Crippen molar-refractivity contribution >= 4 is 40.7 Å². The minimum absolute atomic E-state index is 0.101. The molecule has 1 amide bonds. The van der Waals surface area contributed by atoms with Gasteiger partial charge < -0.3 is 16.2 Å². The van der Waals surface area contributed by atoms with Gasteiger partial charge in [-0.25, -0.2) is 0 Å². The molecule has 4 N–H and O–H groups in total. The van der Waals surface area contributed by atoms with E-state index in [9.17, 15) is 4.79 Å². The lowest BCUT2D eigenvalue weighted by molar-refractivity contribution is -0.119. The molecule has 0 aromatic heterocycles. The number of halogens is 3. The predicted octanol–water partition coefficient (Wildman–Crippen LogP) is 1.84. The summed E-state index contributed by atoms with van der Waals surface area (Å²) in [5.41, 5.74) is 10.4. The van der Waals surface area contributed by atoms with E-state index in [-0.39, 0.29) is 22.4 Å². The van der Waals surface area contributed by atoms with Crippen molar-refractivity contribution in [3.8, 4) is 5.75 Å². The topological polar surface area (TPSA) is 78.3 Å². The van der Waals surface area contributed by atoms with Gasteiger partial charge in [-0.1, -0.05) is 34.8 Å². The van der Waals surface area contributed by atoms with Gasteiger partial charge in [0.2, 0.25) is 5.91 Å². The summed E-state index contributed by atoms with van der Waals surface area (Å²) in [5.74, 6) is -0.439. The largest absolute Gasteiger partial charge is 0.488 e. The lowest BCUT2D eigenvalue weighted by atomic mass is 10.3. The Labute approximate surface area is 107 Å². The van der Waals surface area contributed by atoms with Crippen molar-refractivity contribution < 1.29 is 9.53 Å². The molecule has 88 valence electrons. The Kier molecular flexibility index (Phi) is 4.68. The first-order valence-corrected chi connectivity index (χ1v) is 5.37. The Morgan fingerprint density at radius 2 is 1.81 bits per heavy atom. The summed E-state index contributed by atoms with van der Waals surface area (Å²) in [6, 6.07) is 2.03. The summed E-state index contributed by atoms with van der Waals surface area (Å²) in [5, 5.41) is 0.880. The fraction of sp³-hybridized carbons (Fsp3) is 0.222. The molecule has 0 heterocycles. The monoisotopic (exact) mass is 282 g/mol. The van der Waals surface area contributed by atoms with Crippen molar-refractivity contribution in [3.05, 3.63) is 27.2 Å². The fourth-order valence-corrected chi connectivity index (χ4v) is 1.85. The van der Waals surface area contributed by atoms with Crippen LogP contribution in [0.4, 0.5) is 0 Å². The second-order valence-corrected chi connectivity index (χ2v) is 4.27. The molecule has 0 aliphatic carbocycles. The van der Waals surface area contributed by atoms with Crippen LogP contribution in [0.1, 0.15) is 0 Å². The van der Waals surface area contributed by atoms with E-state index in [2.05, 4.69) is 0 Å². The predicted molar refractivity (Wildman–Crippen MR) is 64.1 cm³/mol. The third-order valence-corrected chi connectivity index (χ3v) is 2.52. The van der Waals surface area contributed by atoms with Crippen LogP contribution in [0, 0.1) is 0 Å². The second kappa shape index (κ2) is 5.59. The average molecular weight is 284 g/mol. The highest BCUT2D eigenvalue weighted by atomic mass is 35.5. The molecular weight excluding hydrogens is 274 g/mol. The minimum atomic E-state index is -0.914. The standard InChI is InChI=1S/C9H9Cl3N2O2/c10-4-1-5(11)8(6(12)2-4)16-3-7(13)9(14)15/h1-2,7H,3,13H2,(H2,14,15). The van der Waals surface area contributed by atoms with Gasteiger partial charge in [0.15, 0.2) is 5.75 Å². The first kappa shape index (κ1) is 13.4. The van der Waals surface area contributed by atoms with Crippen LogP contribution in [0.15, 0.2) is 12.1 Å². The molecule has 1 atom stereocenters. The molecule has 0 saturated carbocycles. The van der Waals surface area contributed by atoms with Crippen molar-refractivity contribution in [3.63, 3.8) is 0 Å². The van der Waals surface area contributed by atoms with Gasteiger partial charge in [-0.05, 0) is 12.1 Å². The van der Waals surface area contributed by atoms with Gasteiger partial charge in [-0.15, -0.1) is 0 Å². The van der Waals surface area contributed by atoms with Crippen LogP contribution >= 0.6 is 34.8 Å². The van der Waals surface area contributed by atoms with Crippen molar-refractivity contribution in [1.29, 1.82) is 0 Å². The zero-order chi connectivity index (χ0) is 12.3. The molecular formula is C9H9Cl3N2O2. The molecule has 0 saturated heterocycles. The number of amides is 1. The number of primary amides is 1. The van der Waals surface area contributed by atoms with Crippen LogP contribution in [0.25, 0.3) is 0 Å². The molecule has 1 rings (SSSR count). The molecule has 0 radical (unpaired) electrons. The van der Waals surface area contributed by atoms with E-state index in [4.69, 9.17) is 51.0 Å². The maximum absolute atomic E-state index is 10.7. The van der Waals surface area contributed by atoms with E-state index in [1.54, 1.807) is 0 Å². The third-order valence-electron chi connectivity index (χ3n) is 1.74. The van der Waals surface area contributed by atoms with Crippen molar-refractivity contribution in [2.24, 2.45) is 11.5 Å². The van der Waals surface area contributed by atoms with E-state index >= 15 is 0 Å². The van der Waals surface area contributed by atoms with E-state index in [1.807, 2.05) is 0 Å². The Balaban J connectivity index is 2.78. The number of benzene rings is 1. The smallest absolute Gasteiger partial charge is 0.237 e. The number of ether oxygens (including phenoxy) is 1. The first-order valence-electron chi connectivity index (χ1n) is 4.24. The molecule has 0 spiro atoms. The molecule has 0 aliphatic rings. The fourth-order valence-electron chi connectivity index (χ4n) is 0.922. The molecule has 4 nitrogen and oxygen atoms in total. The van der Waals surface area contributed by atoms with Crippen LogP contribution < -0.4 is 16.2 Å². The number of carbonyl (C=O) groups is 1. The van der Waals surface area contributed by atoms with Crippen LogP contribution in [-0.4, -0.2) is 18.6 Å². The van der Waals surface area contributed by atoms with Gasteiger partial charge in [0.1, 0.15) is 12.6 Å². The minimum Gasteiger partial charge on any atom is -0.488 e. The van der Waals surface area contributed by atoms with Crippen molar-refractivity contribution in [1.82, 2.24) is 0 Å². The normalized spacial score (nSPS) is 12.2. The second-order valence-electron chi connectivity index (χ2n) is 3.02. The SMILES string of the molecule is NC(=O)C(N)COc1c(Cl)cc(Cl)cc1Cl. The molecule has 1 aromatic carbocycles. The molecule has 1 unspecified atom stereocenters. The van der Waals surface area contributed by atoms with E-state index in [0.717, 1.165) is 0 Å². The zero-order valence-corrected chi connectivity index (χ0v) is 10.3. The van der Waals surface area contributed by atoms with Gasteiger partial charge in [0.25, 0.3) is 0 Å². The third kappa shape index (κ3) is 3.42. The van der Waals surface area contributed by atoms with Crippen molar-refractivity contribution in [2.45, 2.75) is 6.04 Å². The summed E-state index contributed by atoms with van der Waals surface area (Å²) < 4.78 is 5.20. The maximum Gasteiger partial charge on any atom is 0.237 e. The highest BCUT2D eigenvalue weighted by molar-refractivity contribution is 6.40. The number of carbonyl (C=O) groups excluding carboxylic acids is 1. The van der Waals surface area contributed by atoms with E-state index < -0.39 is 11.9 Å². The first-order chi connectivity index (χ1) is 7.41. The Morgan fingerprint density at radius 3 is 2.25 bits per heavy atom. The van der Waals surface area contributed by atoms with Crippen LogP contribution in [-0.2, 0) is 4.79 Å². The molecule has 0 fully saturated rings. The number of rotatable bonds is 4. The summed E-state index contributed by atoms with van der Waals surface area (Å²) in [6.07, 6.45) is 0. The summed E-state index contributed by atoms with van der Waals surface area (Å²) in [6.45, 7) is -0.101. The average Bonchev–Trinajstić information content (AvgIpc) is 2.15. The van der Waals surface area contributed by atoms with Gasteiger partial charge >= 0.3 is 0 Å². The van der Waals surface area contributed by atoms with Crippen LogP contribution in [0.3, 0.4) is 0 Å². The molecule has 0 bridgehead atoms. The highest BCUT2D eigenvalue weighted by Crippen LogP contribution is 2.35. The molecule has 7 heteroatoms. The Bertz CT molecular complexity index is 389. The molecule has 16 heavy (non-hydrogen) atoms. The summed E-state index contributed by atoms with van der Waals surface area (Å²) >= 11 is 17.4. The lowest BCUT2D eigenvalue weighted by Crippen LogP contribution is -2.41. The number of nitrogens with two attached hydrogens (primary N) is 2. The maximum atomic E-state index is 10.7. The van der Waals surface area contributed by atoms with Gasteiger partial charge in [-0.3, -0.25) is 4.79 Å². The Morgan fingerprint density at radius 1 is 1.31 bits per heavy atom. The highest BCUT2D eigenvalue weighted by Gasteiger charge is 2.14. The van der Waals surface area contributed by atoms with Crippen LogP contribution in [0.2, 0.25) is 15.1 Å². The van der Waals surface area contributed by atoms with Gasteiger partial charge in [0, 0.05) is 5.02 Å². The number of hydrogen-bond donors (Lipinski definition) is 2. The zero-order valence-electron chi connectivity index (χ0n) is 8.04.